The summed E-state index contributed by atoms with van der Waals surface area (Å²) in [6.45, 7) is 1.70. The third-order valence-electron chi connectivity index (χ3n) is 3.71. The van der Waals surface area contributed by atoms with Crippen LogP contribution in [0.5, 0.6) is 0 Å². The van der Waals surface area contributed by atoms with Crippen LogP contribution in [-0.4, -0.2) is 38.1 Å². The highest BCUT2D eigenvalue weighted by molar-refractivity contribution is 7.98. The second-order valence-electron chi connectivity index (χ2n) is 5.14. The maximum atomic E-state index is 13.3. The Bertz CT molecular complexity index is 472. The van der Waals surface area contributed by atoms with Gasteiger partial charge >= 0.3 is 0 Å². The summed E-state index contributed by atoms with van der Waals surface area (Å²) < 4.78 is 13.3. The van der Waals surface area contributed by atoms with E-state index >= 15 is 0 Å². The first-order chi connectivity index (χ1) is 9.70. The van der Waals surface area contributed by atoms with Crippen molar-refractivity contribution < 1.29 is 4.39 Å². The molecule has 1 aromatic rings. The molecule has 0 heterocycles. The van der Waals surface area contributed by atoms with Gasteiger partial charge in [-0.1, -0.05) is 12.1 Å². The first-order valence-electron chi connectivity index (χ1n) is 6.90. The van der Waals surface area contributed by atoms with E-state index in [-0.39, 0.29) is 11.2 Å². The minimum atomic E-state index is -0.156. The van der Waals surface area contributed by atoms with E-state index in [9.17, 15) is 4.39 Å². The molecule has 1 aliphatic carbocycles. The summed E-state index contributed by atoms with van der Waals surface area (Å²) in [5.74, 6) is 1.72. The van der Waals surface area contributed by atoms with Crippen molar-refractivity contribution in [3.8, 4) is 0 Å². The average Bonchev–Trinajstić information content (AvgIpc) is 3.24. The third kappa shape index (κ3) is 3.88. The summed E-state index contributed by atoms with van der Waals surface area (Å²) in [6, 6.07) is 6.95. The Labute approximate surface area is 124 Å². The molecule has 0 aromatic heterocycles. The van der Waals surface area contributed by atoms with E-state index in [0.717, 1.165) is 43.2 Å². The molecule has 1 saturated carbocycles. The summed E-state index contributed by atoms with van der Waals surface area (Å²) in [5, 5.41) is 6.63. The average molecular weight is 295 g/mol. The van der Waals surface area contributed by atoms with Crippen LogP contribution in [0, 0.1) is 5.82 Å². The van der Waals surface area contributed by atoms with Crippen molar-refractivity contribution in [1.29, 1.82) is 0 Å². The Kier molecular flexibility index (Phi) is 5.29. The van der Waals surface area contributed by atoms with Gasteiger partial charge in [0.2, 0.25) is 0 Å². The van der Waals surface area contributed by atoms with Crippen LogP contribution in [0.2, 0.25) is 0 Å². The van der Waals surface area contributed by atoms with Crippen molar-refractivity contribution in [2.75, 3.05) is 32.1 Å². The number of aliphatic imine (C=N–C) groups is 1. The molecule has 3 nitrogen and oxygen atoms in total. The second-order valence-corrected chi connectivity index (χ2v) is 6.12. The molecule has 0 unspecified atom stereocenters. The molecule has 1 aromatic carbocycles. The Morgan fingerprint density at radius 3 is 2.80 bits per heavy atom. The summed E-state index contributed by atoms with van der Waals surface area (Å²) in [4.78, 5) is 4.21. The number of halogens is 1. The van der Waals surface area contributed by atoms with E-state index in [1.54, 1.807) is 30.9 Å². The molecule has 0 atom stereocenters. The smallest absolute Gasteiger partial charge is 0.191 e. The summed E-state index contributed by atoms with van der Waals surface area (Å²) in [6.07, 6.45) is 4.29. The topological polar surface area (TPSA) is 36.4 Å². The maximum absolute atomic E-state index is 13.3. The highest BCUT2D eigenvalue weighted by Gasteiger charge is 2.44. The van der Waals surface area contributed by atoms with E-state index in [4.69, 9.17) is 0 Å². The Morgan fingerprint density at radius 2 is 2.20 bits per heavy atom. The lowest BCUT2D eigenvalue weighted by atomic mass is 9.96. The standard InChI is InChI=1S/C15H22FN3S/c1-17-14(18-8-9-20-2)19-11-15(6-7-15)12-4-3-5-13(16)10-12/h3-5,10H,6-9,11H2,1-2H3,(H2,17,18,19). The molecule has 110 valence electrons. The third-order valence-corrected chi connectivity index (χ3v) is 4.32. The molecule has 0 bridgehead atoms. The fourth-order valence-corrected chi connectivity index (χ4v) is 2.59. The Morgan fingerprint density at radius 1 is 1.40 bits per heavy atom. The lowest BCUT2D eigenvalue weighted by Crippen LogP contribution is -2.42. The summed E-state index contributed by atoms with van der Waals surface area (Å²) in [5.41, 5.74) is 1.17. The molecule has 0 aliphatic heterocycles. The van der Waals surface area contributed by atoms with E-state index in [1.807, 2.05) is 6.07 Å². The van der Waals surface area contributed by atoms with Gasteiger partial charge in [0.1, 0.15) is 5.82 Å². The zero-order valence-electron chi connectivity index (χ0n) is 12.1. The maximum Gasteiger partial charge on any atom is 0.191 e. The van der Waals surface area contributed by atoms with E-state index < -0.39 is 0 Å². The highest BCUT2D eigenvalue weighted by Crippen LogP contribution is 2.47. The molecule has 0 radical (unpaired) electrons. The van der Waals surface area contributed by atoms with Crippen LogP contribution in [0.4, 0.5) is 4.39 Å². The number of thioether (sulfide) groups is 1. The van der Waals surface area contributed by atoms with E-state index in [2.05, 4.69) is 21.9 Å². The second kappa shape index (κ2) is 6.97. The number of hydrogen-bond donors (Lipinski definition) is 2. The van der Waals surface area contributed by atoms with Crippen LogP contribution in [0.1, 0.15) is 18.4 Å². The van der Waals surface area contributed by atoms with Gasteiger partial charge in [0.25, 0.3) is 0 Å². The van der Waals surface area contributed by atoms with Crippen molar-refractivity contribution in [3.63, 3.8) is 0 Å². The van der Waals surface area contributed by atoms with E-state index in [1.165, 1.54) is 6.07 Å². The molecular weight excluding hydrogens is 273 g/mol. The zero-order valence-corrected chi connectivity index (χ0v) is 12.9. The number of nitrogens with zero attached hydrogens (tertiary/aromatic N) is 1. The normalized spacial score (nSPS) is 16.9. The van der Waals surface area contributed by atoms with Crippen LogP contribution in [0.25, 0.3) is 0 Å². The van der Waals surface area contributed by atoms with Gasteiger partial charge in [-0.2, -0.15) is 11.8 Å². The molecule has 1 fully saturated rings. The molecule has 2 rings (SSSR count). The van der Waals surface area contributed by atoms with Crippen LogP contribution < -0.4 is 10.6 Å². The van der Waals surface area contributed by atoms with Gasteiger partial charge < -0.3 is 10.6 Å². The minimum absolute atomic E-state index is 0.0826. The SMILES string of the molecule is CN=C(NCCSC)NCC1(c2cccc(F)c2)CC1. The molecule has 1 aliphatic rings. The van der Waals surface area contributed by atoms with Gasteiger partial charge in [0, 0.05) is 31.3 Å². The summed E-state index contributed by atoms with van der Waals surface area (Å²) in [7, 11) is 1.77. The predicted molar refractivity (Wildman–Crippen MR) is 85.1 cm³/mol. The highest BCUT2D eigenvalue weighted by atomic mass is 32.2. The van der Waals surface area contributed by atoms with Gasteiger partial charge in [-0.15, -0.1) is 0 Å². The molecule has 0 amide bonds. The van der Waals surface area contributed by atoms with Crippen LogP contribution in [0.3, 0.4) is 0 Å². The van der Waals surface area contributed by atoms with Gasteiger partial charge in [-0.05, 0) is 36.8 Å². The number of nitrogens with one attached hydrogen (secondary N) is 2. The van der Waals surface area contributed by atoms with Crippen molar-refractivity contribution in [2.24, 2.45) is 4.99 Å². The van der Waals surface area contributed by atoms with Crippen LogP contribution >= 0.6 is 11.8 Å². The number of rotatable bonds is 6. The van der Waals surface area contributed by atoms with Crippen molar-refractivity contribution >= 4 is 17.7 Å². The van der Waals surface area contributed by atoms with Gasteiger partial charge in [0.15, 0.2) is 5.96 Å². The molecule has 5 heteroatoms. The van der Waals surface area contributed by atoms with Gasteiger partial charge in [-0.3, -0.25) is 4.99 Å². The minimum Gasteiger partial charge on any atom is -0.356 e. The molecular formula is C15H22FN3S. The first kappa shape index (κ1) is 15.2. The molecule has 0 spiro atoms. The molecule has 20 heavy (non-hydrogen) atoms. The van der Waals surface area contributed by atoms with Crippen molar-refractivity contribution in [2.45, 2.75) is 18.3 Å². The number of guanidine groups is 1. The summed E-state index contributed by atoms with van der Waals surface area (Å²) >= 11 is 1.80. The van der Waals surface area contributed by atoms with Crippen molar-refractivity contribution in [1.82, 2.24) is 10.6 Å². The zero-order chi connectivity index (χ0) is 14.4. The lowest BCUT2D eigenvalue weighted by molar-refractivity contribution is 0.607. The quantitative estimate of drug-likeness (QED) is 0.481. The number of hydrogen-bond acceptors (Lipinski definition) is 2. The van der Waals surface area contributed by atoms with E-state index in [0.29, 0.717) is 0 Å². The Hall–Kier alpha value is -1.23. The fraction of sp³-hybridized carbons (Fsp3) is 0.533. The monoisotopic (exact) mass is 295 g/mol. The van der Waals surface area contributed by atoms with Crippen LogP contribution in [-0.2, 0) is 5.41 Å². The predicted octanol–water partition coefficient (Wildman–Crippen LogP) is 2.39. The molecule has 0 saturated heterocycles. The number of benzene rings is 1. The van der Waals surface area contributed by atoms with Crippen LogP contribution in [0.15, 0.2) is 29.3 Å². The largest absolute Gasteiger partial charge is 0.356 e. The van der Waals surface area contributed by atoms with Gasteiger partial charge in [0.05, 0.1) is 0 Å². The first-order valence-corrected chi connectivity index (χ1v) is 8.29. The fourth-order valence-electron chi connectivity index (χ4n) is 2.28. The van der Waals surface area contributed by atoms with Crippen molar-refractivity contribution in [3.05, 3.63) is 35.6 Å². The Balaban J connectivity index is 1.89. The van der Waals surface area contributed by atoms with Gasteiger partial charge in [-0.25, -0.2) is 4.39 Å². The molecule has 2 N–H and O–H groups in total. The lowest BCUT2D eigenvalue weighted by Gasteiger charge is -2.19.